The molecule has 0 amide bonds. The van der Waals surface area contributed by atoms with Gasteiger partial charge in [-0.1, -0.05) is 12.2 Å². The van der Waals surface area contributed by atoms with Crippen LogP contribution < -0.4 is 0 Å². The van der Waals surface area contributed by atoms with Crippen LogP contribution >= 0.6 is 0 Å². The van der Waals surface area contributed by atoms with Crippen molar-refractivity contribution in [2.24, 2.45) is 5.41 Å². The van der Waals surface area contributed by atoms with Gasteiger partial charge in [0.05, 0.1) is 12.0 Å². The van der Waals surface area contributed by atoms with E-state index < -0.39 is 23.6 Å². The fraction of sp³-hybridized carbons (Fsp3) is 0.714. The molecule has 108 valence electrons. The van der Waals surface area contributed by atoms with E-state index in [9.17, 15) is 9.59 Å². The summed E-state index contributed by atoms with van der Waals surface area (Å²) >= 11 is 0. The van der Waals surface area contributed by atoms with Crippen molar-refractivity contribution in [3.05, 3.63) is 12.2 Å². The summed E-state index contributed by atoms with van der Waals surface area (Å²) in [7, 11) is 0. The first-order valence-electron chi connectivity index (χ1n) is 6.58. The van der Waals surface area contributed by atoms with Gasteiger partial charge < -0.3 is 14.2 Å². The van der Waals surface area contributed by atoms with Gasteiger partial charge in [-0.3, -0.25) is 4.79 Å². The fourth-order valence-electron chi connectivity index (χ4n) is 1.78. The van der Waals surface area contributed by atoms with E-state index in [1.807, 2.05) is 6.92 Å². The number of hydrogen-bond acceptors (Lipinski definition) is 5. The van der Waals surface area contributed by atoms with Crippen molar-refractivity contribution in [2.75, 3.05) is 13.2 Å². The van der Waals surface area contributed by atoms with Crippen molar-refractivity contribution < 1.29 is 23.8 Å². The quantitative estimate of drug-likeness (QED) is 0.566. The highest BCUT2D eigenvalue weighted by atomic mass is 16.7. The summed E-state index contributed by atoms with van der Waals surface area (Å²) in [6.07, 6.45) is 5.67. The minimum absolute atomic E-state index is 0.375. The Morgan fingerprint density at radius 2 is 2.11 bits per heavy atom. The molecule has 5 nitrogen and oxygen atoms in total. The van der Waals surface area contributed by atoms with Crippen molar-refractivity contribution >= 4 is 11.9 Å². The molecular weight excluding hydrogens is 248 g/mol. The number of ether oxygens (including phenoxy) is 3. The first-order chi connectivity index (χ1) is 8.95. The van der Waals surface area contributed by atoms with Crippen LogP contribution in [0.4, 0.5) is 0 Å². The van der Waals surface area contributed by atoms with Gasteiger partial charge in [-0.2, -0.15) is 0 Å². The molecule has 1 aliphatic heterocycles. The lowest BCUT2D eigenvalue weighted by atomic mass is 9.93. The second kappa shape index (κ2) is 7.28. The minimum Gasteiger partial charge on any atom is -0.453 e. The van der Waals surface area contributed by atoms with E-state index in [1.54, 1.807) is 26.0 Å². The van der Waals surface area contributed by atoms with Crippen LogP contribution in [-0.2, 0) is 23.8 Å². The van der Waals surface area contributed by atoms with E-state index in [0.717, 1.165) is 12.8 Å². The number of hydrogen-bond donors (Lipinski definition) is 0. The Hall–Kier alpha value is -1.36. The fourth-order valence-corrected chi connectivity index (χ4v) is 1.78. The van der Waals surface area contributed by atoms with Crippen molar-refractivity contribution in [1.82, 2.24) is 0 Å². The molecule has 0 aliphatic carbocycles. The van der Waals surface area contributed by atoms with E-state index >= 15 is 0 Å². The minimum atomic E-state index is -0.740. The monoisotopic (exact) mass is 270 g/mol. The molecule has 19 heavy (non-hydrogen) atoms. The van der Waals surface area contributed by atoms with E-state index in [4.69, 9.17) is 14.2 Å². The molecule has 5 heteroatoms. The van der Waals surface area contributed by atoms with Gasteiger partial charge in [-0.25, -0.2) is 4.79 Å². The van der Waals surface area contributed by atoms with Gasteiger partial charge in [0.15, 0.2) is 6.61 Å². The largest absolute Gasteiger partial charge is 0.453 e. The molecule has 0 radical (unpaired) electrons. The molecule has 0 N–H and O–H groups in total. The zero-order valence-corrected chi connectivity index (χ0v) is 11.8. The topological polar surface area (TPSA) is 61.8 Å². The maximum atomic E-state index is 11.7. The van der Waals surface area contributed by atoms with E-state index in [2.05, 4.69) is 0 Å². The van der Waals surface area contributed by atoms with Gasteiger partial charge in [0.2, 0.25) is 6.29 Å². The molecule has 0 spiro atoms. The zero-order valence-electron chi connectivity index (χ0n) is 11.8. The Morgan fingerprint density at radius 1 is 1.37 bits per heavy atom. The first-order valence-corrected chi connectivity index (χ1v) is 6.58. The maximum absolute atomic E-state index is 11.7. The highest BCUT2D eigenvalue weighted by Gasteiger charge is 2.27. The van der Waals surface area contributed by atoms with Crippen molar-refractivity contribution in [2.45, 2.75) is 46.3 Å². The summed E-state index contributed by atoms with van der Waals surface area (Å²) < 4.78 is 15.3. The summed E-state index contributed by atoms with van der Waals surface area (Å²) in [5.41, 5.74) is -0.740. The molecule has 0 saturated carbocycles. The molecule has 0 aromatic carbocycles. The van der Waals surface area contributed by atoms with Crippen LogP contribution in [-0.4, -0.2) is 31.4 Å². The molecule has 0 aromatic rings. The molecule has 1 fully saturated rings. The van der Waals surface area contributed by atoms with Crippen molar-refractivity contribution in [3.63, 3.8) is 0 Å². The smallest absolute Gasteiger partial charge is 0.346 e. The summed E-state index contributed by atoms with van der Waals surface area (Å²) in [4.78, 5) is 23.2. The Labute approximate surface area is 113 Å². The van der Waals surface area contributed by atoms with Crippen LogP contribution in [0, 0.1) is 5.41 Å². The van der Waals surface area contributed by atoms with Gasteiger partial charge in [0, 0.05) is 6.42 Å². The van der Waals surface area contributed by atoms with Crippen LogP contribution in [0.1, 0.15) is 40.0 Å². The molecule has 1 unspecified atom stereocenters. The van der Waals surface area contributed by atoms with Gasteiger partial charge in [0.1, 0.15) is 0 Å². The normalized spacial score (nSPS) is 20.3. The van der Waals surface area contributed by atoms with E-state index in [0.29, 0.717) is 13.0 Å². The standard InChI is InChI=1S/C14H22O5/c1-4-8-14(2,3)13(16)18-10-11(15)19-12-7-5-6-9-17-12/h4,8,12H,5-7,9-10H2,1-3H3/b8-4-. The number of carbonyl (C=O) groups is 2. The highest BCUT2D eigenvalue weighted by Crippen LogP contribution is 2.19. The van der Waals surface area contributed by atoms with Crippen molar-refractivity contribution in [3.8, 4) is 0 Å². The predicted molar refractivity (Wildman–Crippen MR) is 69.2 cm³/mol. The van der Waals surface area contributed by atoms with Crippen LogP contribution in [0.3, 0.4) is 0 Å². The third-order valence-corrected chi connectivity index (χ3v) is 2.83. The zero-order chi connectivity index (χ0) is 14.3. The van der Waals surface area contributed by atoms with Crippen LogP contribution in [0.25, 0.3) is 0 Å². The second-order valence-electron chi connectivity index (χ2n) is 5.08. The van der Waals surface area contributed by atoms with Crippen LogP contribution in [0.5, 0.6) is 0 Å². The molecule has 1 aliphatic rings. The molecule has 1 heterocycles. The highest BCUT2D eigenvalue weighted by molar-refractivity contribution is 5.81. The van der Waals surface area contributed by atoms with Gasteiger partial charge in [-0.05, 0) is 33.6 Å². The summed E-state index contributed by atoms with van der Waals surface area (Å²) in [5, 5.41) is 0. The Bertz CT molecular complexity index is 340. The second-order valence-corrected chi connectivity index (χ2v) is 5.08. The van der Waals surface area contributed by atoms with Gasteiger partial charge in [-0.15, -0.1) is 0 Å². The molecule has 1 saturated heterocycles. The average molecular weight is 270 g/mol. The summed E-state index contributed by atoms with van der Waals surface area (Å²) in [5.74, 6) is -1.02. The summed E-state index contributed by atoms with van der Waals surface area (Å²) in [6, 6.07) is 0. The lowest BCUT2D eigenvalue weighted by Gasteiger charge is -2.23. The third kappa shape index (κ3) is 5.42. The molecule has 1 rings (SSSR count). The van der Waals surface area contributed by atoms with Gasteiger partial charge >= 0.3 is 11.9 Å². The number of esters is 2. The summed E-state index contributed by atoms with van der Waals surface area (Å²) in [6.45, 7) is 5.51. The first kappa shape index (κ1) is 15.7. The van der Waals surface area contributed by atoms with Crippen molar-refractivity contribution in [1.29, 1.82) is 0 Å². The van der Waals surface area contributed by atoms with Crippen LogP contribution in [0.15, 0.2) is 12.2 Å². The number of allylic oxidation sites excluding steroid dienone is 1. The van der Waals surface area contributed by atoms with Gasteiger partial charge in [0.25, 0.3) is 0 Å². The molecule has 1 atom stereocenters. The van der Waals surface area contributed by atoms with E-state index in [-0.39, 0.29) is 6.61 Å². The molecule has 0 aromatic heterocycles. The Kier molecular flexibility index (Phi) is 6.02. The average Bonchev–Trinajstić information content (AvgIpc) is 2.37. The SMILES string of the molecule is C/C=C\C(C)(C)C(=O)OCC(=O)OC1CCCCO1. The molecule has 0 bridgehead atoms. The predicted octanol–water partition coefficient (Wildman–Crippen LogP) is 2.20. The third-order valence-electron chi connectivity index (χ3n) is 2.83. The number of rotatable bonds is 5. The maximum Gasteiger partial charge on any atom is 0.346 e. The van der Waals surface area contributed by atoms with Crippen LogP contribution in [0.2, 0.25) is 0 Å². The lowest BCUT2D eigenvalue weighted by molar-refractivity contribution is -0.193. The lowest BCUT2D eigenvalue weighted by Crippen LogP contribution is -2.30. The molecular formula is C14H22O5. The Balaban J connectivity index is 2.31. The number of carbonyl (C=O) groups excluding carboxylic acids is 2. The Morgan fingerprint density at radius 3 is 2.68 bits per heavy atom. The van der Waals surface area contributed by atoms with E-state index in [1.165, 1.54) is 0 Å².